The van der Waals surface area contributed by atoms with Gasteiger partial charge in [0, 0.05) is 38.3 Å². The van der Waals surface area contributed by atoms with E-state index in [9.17, 15) is 4.79 Å². The molecule has 0 aromatic heterocycles. The Kier molecular flexibility index (Phi) is 6.06. The molecule has 22 heavy (non-hydrogen) atoms. The molecule has 2 aliphatic rings. The van der Waals surface area contributed by atoms with Crippen molar-refractivity contribution in [3.63, 3.8) is 0 Å². The normalized spacial score (nSPS) is 27.7. The zero-order valence-corrected chi connectivity index (χ0v) is 14.4. The van der Waals surface area contributed by atoms with Gasteiger partial charge in [-0.1, -0.05) is 0 Å². The first-order valence-corrected chi connectivity index (χ1v) is 8.38. The molecule has 1 amide bonds. The van der Waals surface area contributed by atoms with E-state index in [-0.39, 0.29) is 12.1 Å². The topological polar surface area (TPSA) is 54.0 Å². The number of hydrogen-bond acceptors (Lipinski definition) is 5. The van der Waals surface area contributed by atoms with E-state index in [1.165, 1.54) is 0 Å². The van der Waals surface area contributed by atoms with Crippen LogP contribution >= 0.6 is 0 Å². The molecule has 0 aromatic rings. The Morgan fingerprint density at radius 2 is 2.00 bits per heavy atom. The Morgan fingerprint density at radius 1 is 1.32 bits per heavy atom. The van der Waals surface area contributed by atoms with Crippen LogP contribution in [0.3, 0.4) is 0 Å². The van der Waals surface area contributed by atoms with Crippen LogP contribution < -0.4 is 5.32 Å². The number of ether oxygens (including phenoxy) is 2. The second-order valence-corrected chi connectivity index (χ2v) is 7.33. The molecule has 128 valence electrons. The maximum Gasteiger partial charge on any atom is 0.410 e. The lowest BCUT2D eigenvalue weighted by molar-refractivity contribution is 0.00726. The van der Waals surface area contributed by atoms with Gasteiger partial charge in [0.25, 0.3) is 0 Å². The lowest BCUT2D eigenvalue weighted by Crippen LogP contribution is -2.58. The number of carbonyl (C=O) groups is 1. The average molecular weight is 313 g/mol. The van der Waals surface area contributed by atoms with Crippen molar-refractivity contribution in [2.24, 2.45) is 0 Å². The fraction of sp³-hybridized carbons (Fsp3) is 0.938. The first-order chi connectivity index (χ1) is 10.3. The van der Waals surface area contributed by atoms with E-state index in [1.807, 2.05) is 25.7 Å². The first kappa shape index (κ1) is 17.5. The van der Waals surface area contributed by atoms with E-state index in [0.717, 1.165) is 52.4 Å². The van der Waals surface area contributed by atoms with Gasteiger partial charge >= 0.3 is 6.09 Å². The molecule has 0 aromatic carbocycles. The summed E-state index contributed by atoms with van der Waals surface area (Å²) in [5, 5.41) is 3.55. The quantitative estimate of drug-likeness (QED) is 0.851. The lowest BCUT2D eigenvalue weighted by Gasteiger charge is -2.40. The Bertz CT molecular complexity index is 364. The van der Waals surface area contributed by atoms with Crippen molar-refractivity contribution in [1.82, 2.24) is 15.1 Å². The van der Waals surface area contributed by atoms with Crippen LogP contribution in [-0.4, -0.2) is 79.5 Å². The summed E-state index contributed by atoms with van der Waals surface area (Å²) in [6, 6.07) is 0.515. The predicted molar refractivity (Wildman–Crippen MR) is 86.1 cm³/mol. The van der Waals surface area contributed by atoms with Gasteiger partial charge in [0.05, 0.1) is 13.2 Å². The third-order valence-electron chi connectivity index (χ3n) is 4.18. The molecule has 6 heteroatoms. The fourth-order valence-electron chi connectivity index (χ4n) is 2.86. The van der Waals surface area contributed by atoms with E-state index in [2.05, 4.69) is 17.1 Å². The van der Waals surface area contributed by atoms with Crippen LogP contribution in [0.2, 0.25) is 0 Å². The first-order valence-electron chi connectivity index (χ1n) is 8.38. The maximum atomic E-state index is 12.3. The van der Waals surface area contributed by atoms with Crippen molar-refractivity contribution in [3.05, 3.63) is 0 Å². The zero-order valence-electron chi connectivity index (χ0n) is 14.4. The van der Waals surface area contributed by atoms with Crippen LogP contribution in [0.1, 0.15) is 34.1 Å². The van der Waals surface area contributed by atoms with E-state index in [1.54, 1.807) is 0 Å². The van der Waals surface area contributed by atoms with Crippen LogP contribution in [0.4, 0.5) is 4.79 Å². The Morgan fingerprint density at radius 3 is 2.64 bits per heavy atom. The van der Waals surface area contributed by atoms with E-state index in [4.69, 9.17) is 9.47 Å². The number of piperazine rings is 1. The molecule has 0 radical (unpaired) electrons. The molecule has 2 rings (SSSR count). The molecule has 0 aliphatic carbocycles. The van der Waals surface area contributed by atoms with Gasteiger partial charge < -0.3 is 19.7 Å². The number of amides is 1. The number of nitrogens with one attached hydrogen (secondary N) is 1. The second-order valence-electron chi connectivity index (χ2n) is 7.33. The van der Waals surface area contributed by atoms with Crippen molar-refractivity contribution < 1.29 is 14.3 Å². The second kappa shape index (κ2) is 7.62. The summed E-state index contributed by atoms with van der Waals surface area (Å²) >= 11 is 0. The molecule has 2 saturated heterocycles. The molecule has 6 nitrogen and oxygen atoms in total. The fourth-order valence-corrected chi connectivity index (χ4v) is 2.86. The smallest absolute Gasteiger partial charge is 0.410 e. The predicted octanol–water partition coefficient (Wildman–Crippen LogP) is 1.31. The zero-order chi connectivity index (χ0) is 16.2. The molecular weight excluding hydrogens is 282 g/mol. The molecular formula is C16H31N3O3. The van der Waals surface area contributed by atoms with E-state index in [0.29, 0.717) is 6.04 Å². The molecule has 2 unspecified atom stereocenters. The number of nitrogens with zero attached hydrogens (tertiary/aromatic N) is 2. The van der Waals surface area contributed by atoms with Crippen molar-refractivity contribution in [2.45, 2.75) is 51.8 Å². The van der Waals surface area contributed by atoms with Gasteiger partial charge in [-0.3, -0.25) is 4.90 Å². The molecule has 2 atom stereocenters. The lowest BCUT2D eigenvalue weighted by atomic mass is 10.1. The number of carbonyl (C=O) groups excluding carboxylic acids is 1. The number of rotatable bonds is 3. The Hall–Kier alpha value is -0.850. The van der Waals surface area contributed by atoms with Gasteiger partial charge in [-0.15, -0.1) is 0 Å². The molecule has 1 N–H and O–H groups in total. The summed E-state index contributed by atoms with van der Waals surface area (Å²) < 4.78 is 10.9. The van der Waals surface area contributed by atoms with Gasteiger partial charge in [-0.05, 0) is 40.7 Å². The highest BCUT2D eigenvalue weighted by Gasteiger charge is 2.31. The van der Waals surface area contributed by atoms with Crippen LogP contribution in [0, 0.1) is 0 Å². The molecule has 0 bridgehead atoms. The van der Waals surface area contributed by atoms with Crippen molar-refractivity contribution in [3.8, 4) is 0 Å². The third-order valence-corrected chi connectivity index (χ3v) is 4.18. The number of morpholine rings is 1. The van der Waals surface area contributed by atoms with Gasteiger partial charge in [-0.2, -0.15) is 0 Å². The molecule has 0 spiro atoms. The van der Waals surface area contributed by atoms with Crippen LogP contribution in [0.25, 0.3) is 0 Å². The van der Waals surface area contributed by atoms with Gasteiger partial charge in [-0.25, -0.2) is 4.79 Å². The molecule has 2 aliphatic heterocycles. The molecule has 2 heterocycles. The standard InChI is InChI=1S/C16H31N3O3/c1-13-11-17-14(5-6-18-7-9-21-10-8-18)12-19(13)15(20)22-16(2,3)4/h13-14,17H,5-12H2,1-4H3. The molecule has 0 saturated carbocycles. The van der Waals surface area contributed by atoms with Crippen LogP contribution in [0.5, 0.6) is 0 Å². The van der Waals surface area contributed by atoms with Gasteiger partial charge in [0.2, 0.25) is 0 Å². The van der Waals surface area contributed by atoms with E-state index < -0.39 is 5.60 Å². The summed E-state index contributed by atoms with van der Waals surface area (Å²) in [5.74, 6) is 0. The van der Waals surface area contributed by atoms with E-state index >= 15 is 0 Å². The highest BCUT2D eigenvalue weighted by molar-refractivity contribution is 5.68. The number of hydrogen-bond donors (Lipinski definition) is 1. The highest BCUT2D eigenvalue weighted by Crippen LogP contribution is 2.16. The monoisotopic (exact) mass is 313 g/mol. The van der Waals surface area contributed by atoms with Gasteiger partial charge in [0.15, 0.2) is 0 Å². The minimum atomic E-state index is -0.440. The summed E-state index contributed by atoms with van der Waals surface area (Å²) in [6.45, 7) is 14.1. The van der Waals surface area contributed by atoms with Gasteiger partial charge in [0.1, 0.15) is 5.60 Å². The highest BCUT2D eigenvalue weighted by atomic mass is 16.6. The van der Waals surface area contributed by atoms with Crippen LogP contribution in [0.15, 0.2) is 0 Å². The largest absolute Gasteiger partial charge is 0.444 e. The summed E-state index contributed by atoms with van der Waals surface area (Å²) in [5.41, 5.74) is -0.440. The summed E-state index contributed by atoms with van der Waals surface area (Å²) in [7, 11) is 0. The van der Waals surface area contributed by atoms with Crippen molar-refractivity contribution >= 4 is 6.09 Å². The average Bonchev–Trinajstić information content (AvgIpc) is 2.45. The maximum absolute atomic E-state index is 12.3. The van der Waals surface area contributed by atoms with Crippen molar-refractivity contribution in [2.75, 3.05) is 45.9 Å². The molecule has 2 fully saturated rings. The van der Waals surface area contributed by atoms with Crippen LogP contribution in [-0.2, 0) is 9.47 Å². The summed E-state index contributed by atoms with van der Waals surface area (Å²) in [4.78, 5) is 16.6. The summed E-state index contributed by atoms with van der Waals surface area (Å²) in [6.07, 6.45) is 0.851. The van der Waals surface area contributed by atoms with Crippen molar-refractivity contribution in [1.29, 1.82) is 0 Å². The minimum Gasteiger partial charge on any atom is -0.444 e. The minimum absolute atomic E-state index is 0.175. The third kappa shape index (κ3) is 5.41. The SMILES string of the molecule is CC1CNC(CCN2CCOCC2)CN1C(=O)OC(C)(C)C. The Labute approximate surface area is 134 Å². The Balaban J connectivity index is 1.80.